The lowest BCUT2D eigenvalue weighted by molar-refractivity contribution is -0.153. The summed E-state index contributed by atoms with van der Waals surface area (Å²) in [5.41, 5.74) is 0. The zero-order valence-electron chi connectivity index (χ0n) is 12.1. The quantitative estimate of drug-likeness (QED) is 0.839. The number of carbonyl (C=O) groups is 1. The van der Waals surface area contributed by atoms with E-state index < -0.39 is 34.8 Å². The molecule has 1 heterocycles. The van der Waals surface area contributed by atoms with E-state index in [0.717, 1.165) is 22.5 Å². The fraction of sp³-hybridized carbons (Fsp3) is 0.462. The second kappa shape index (κ2) is 6.77. The molecule has 1 N–H and O–H groups in total. The van der Waals surface area contributed by atoms with Gasteiger partial charge in [0, 0.05) is 12.6 Å². The smallest absolute Gasteiger partial charge is 0.422 e. The summed E-state index contributed by atoms with van der Waals surface area (Å²) in [5, 5.41) is 8.75. The van der Waals surface area contributed by atoms with Gasteiger partial charge in [-0.15, -0.1) is 0 Å². The first-order valence-corrected chi connectivity index (χ1v) is 8.58. The molecule has 1 aliphatic heterocycles. The maximum atomic E-state index is 12.6. The first-order valence-electron chi connectivity index (χ1n) is 6.76. The molecule has 1 unspecified atom stereocenters. The van der Waals surface area contributed by atoms with Crippen LogP contribution in [0.4, 0.5) is 13.2 Å². The predicted molar refractivity (Wildman–Crippen MR) is 77.6 cm³/mol. The van der Waals surface area contributed by atoms with Crippen LogP contribution in [0.3, 0.4) is 0 Å². The summed E-state index contributed by atoms with van der Waals surface area (Å²) in [5.74, 6) is -1.51. The number of carboxylic acids is 1. The molecule has 1 aliphatic rings. The van der Waals surface area contributed by atoms with E-state index in [9.17, 15) is 26.4 Å². The fourth-order valence-corrected chi connectivity index (χ4v) is 4.51. The number of aliphatic carboxylic acids is 1. The Bertz CT molecular complexity index is 738. The lowest BCUT2D eigenvalue weighted by atomic mass is 10.2. The van der Waals surface area contributed by atoms with Crippen LogP contribution in [-0.2, 0) is 14.8 Å². The maximum absolute atomic E-state index is 12.6. The molecule has 1 fully saturated rings. The lowest BCUT2D eigenvalue weighted by Crippen LogP contribution is -2.40. The molecule has 0 aliphatic carbocycles. The van der Waals surface area contributed by atoms with Gasteiger partial charge >= 0.3 is 12.1 Å². The largest absolute Gasteiger partial charge is 0.484 e. The predicted octanol–water partition coefficient (Wildman–Crippen LogP) is 2.52. The molecule has 134 valence electrons. The second-order valence-electron chi connectivity index (χ2n) is 5.11. The summed E-state index contributed by atoms with van der Waals surface area (Å²) >= 11 is 5.86. The Morgan fingerprint density at radius 2 is 2.08 bits per heavy atom. The van der Waals surface area contributed by atoms with Gasteiger partial charge in [0.25, 0.3) is 0 Å². The van der Waals surface area contributed by atoms with E-state index >= 15 is 0 Å². The van der Waals surface area contributed by atoms with E-state index in [2.05, 4.69) is 4.74 Å². The van der Waals surface area contributed by atoms with Gasteiger partial charge in [0.15, 0.2) is 6.61 Å². The van der Waals surface area contributed by atoms with Crippen molar-refractivity contribution in [2.75, 3.05) is 13.2 Å². The SMILES string of the molecule is O=C(O)C1CCCN1S(=O)(=O)c1ccc(OCC(F)(F)F)cc1Cl. The number of carboxylic acid groups (broad SMARTS) is 1. The van der Waals surface area contributed by atoms with Gasteiger partial charge in [-0.1, -0.05) is 11.6 Å². The number of hydrogen-bond donors (Lipinski definition) is 1. The van der Waals surface area contributed by atoms with Gasteiger partial charge in [-0.25, -0.2) is 8.42 Å². The van der Waals surface area contributed by atoms with Crippen molar-refractivity contribution in [3.63, 3.8) is 0 Å². The molecule has 1 aromatic carbocycles. The van der Waals surface area contributed by atoms with Crippen LogP contribution in [0.25, 0.3) is 0 Å². The molecule has 1 saturated heterocycles. The van der Waals surface area contributed by atoms with E-state index in [0.29, 0.717) is 6.42 Å². The Morgan fingerprint density at radius 1 is 1.42 bits per heavy atom. The normalized spacial score (nSPS) is 19.4. The summed E-state index contributed by atoms with van der Waals surface area (Å²) in [4.78, 5) is 10.8. The molecule has 24 heavy (non-hydrogen) atoms. The molecule has 1 aromatic rings. The molecule has 6 nitrogen and oxygen atoms in total. The van der Waals surface area contributed by atoms with E-state index in [1.807, 2.05) is 0 Å². The van der Waals surface area contributed by atoms with Gasteiger partial charge in [0.1, 0.15) is 16.7 Å². The van der Waals surface area contributed by atoms with E-state index in [-0.39, 0.29) is 28.6 Å². The fourth-order valence-electron chi connectivity index (χ4n) is 2.35. The number of alkyl halides is 3. The minimum atomic E-state index is -4.54. The molecule has 0 amide bonds. The van der Waals surface area contributed by atoms with Crippen molar-refractivity contribution in [2.45, 2.75) is 30.0 Å². The molecule has 2 rings (SSSR count). The molecule has 0 aromatic heterocycles. The van der Waals surface area contributed by atoms with Crippen molar-refractivity contribution >= 4 is 27.6 Å². The minimum Gasteiger partial charge on any atom is -0.484 e. The maximum Gasteiger partial charge on any atom is 0.422 e. The highest BCUT2D eigenvalue weighted by atomic mass is 35.5. The molecule has 0 spiro atoms. The molecular weight excluding hydrogens is 375 g/mol. The van der Waals surface area contributed by atoms with E-state index in [4.69, 9.17) is 16.7 Å². The average Bonchev–Trinajstić information content (AvgIpc) is 2.94. The highest BCUT2D eigenvalue weighted by Gasteiger charge is 2.40. The number of halogens is 4. The van der Waals surface area contributed by atoms with Crippen LogP contribution in [-0.4, -0.2) is 49.2 Å². The number of benzene rings is 1. The van der Waals surface area contributed by atoms with Crippen molar-refractivity contribution in [3.8, 4) is 5.75 Å². The third kappa shape index (κ3) is 4.11. The van der Waals surface area contributed by atoms with Crippen molar-refractivity contribution in [2.24, 2.45) is 0 Å². The number of ether oxygens (including phenoxy) is 1. The summed E-state index contributed by atoms with van der Waals surface area (Å²) in [6, 6.07) is 1.80. The Morgan fingerprint density at radius 3 is 2.62 bits per heavy atom. The monoisotopic (exact) mass is 387 g/mol. The summed E-state index contributed by atoms with van der Waals surface area (Å²) in [6.45, 7) is -1.51. The number of sulfonamides is 1. The molecular formula is C13H13ClF3NO5S. The molecule has 11 heteroatoms. The number of hydrogen-bond acceptors (Lipinski definition) is 4. The highest BCUT2D eigenvalue weighted by molar-refractivity contribution is 7.89. The Kier molecular flexibility index (Phi) is 5.31. The van der Waals surface area contributed by atoms with E-state index in [1.54, 1.807) is 0 Å². The van der Waals surface area contributed by atoms with Crippen molar-refractivity contribution in [3.05, 3.63) is 23.2 Å². The first-order chi connectivity index (χ1) is 11.0. The molecule has 1 atom stereocenters. The van der Waals surface area contributed by atoms with Crippen molar-refractivity contribution in [1.29, 1.82) is 0 Å². The first kappa shape index (κ1) is 18.8. The topological polar surface area (TPSA) is 83.9 Å². The summed E-state index contributed by atoms with van der Waals surface area (Å²) in [7, 11) is -4.18. The average molecular weight is 388 g/mol. The third-order valence-corrected chi connectivity index (χ3v) is 5.77. The van der Waals surface area contributed by atoms with Gasteiger partial charge in [-0.05, 0) is 25.0 Å². The number of nitrogens with zero attached hydrogens (tertiary/aromatic N) is 1. The minimum absolute atomic E-state index is 0.0297. The second-order valence-corrected chi connectivity index (χ2v) is 7.37. The zero-order valence-corrected chi connectivity index (χ0v) is 13.7. The van der Waals surface area contributed by atoms with Crippen molar-refractivity contribution in [1.82, 2.24) is 4.31 Å². The van der Waals surface area contributed by atoms with Gasteiger partial charge in [-0.3, -0.25) is 4.79 Å². The van der Waals surface area contributed by atoms with Crippen molar-refractivity contribution < 1.29 is 36.2 Å². The Labute approximate surface area is 140 Å². The van der Waals surface area contributed by atoms with E-state index in [1.165, 1.54) is 0 Å². The van der Waals surface area contributed by atoms with Crippen LogP contribution in [0, 0.1) is 0 Å². The standard InChI is InChI=1S/C13H13ClF3NO5S/c14-9-6-8(23-7-13(15,16)17)3-4-11(9)24(21,22)18-5-1-2-10(18)12(19)20/h3-4,6,10H,1-2,5,7H2,(H,19,20). The Hall–Kier alpha value is -1.52. The highest BCUT2D eigenvalue weighted by Crippen LogP contribution is 2.32. The van der Waals surface area contributed by atoms with Gasteiger partial charge in [0.05, 0.1) is 5.02 Å². The van der Waals surface area contributed by atoms with Crippen LogP contribution in [0.15, 0.2) is 23.1 Å². The number of rotatable bonds is 5. The molecule has 0 bridgehead atoms. The van der Waals surface area contributed by atoms with Crippen LogP contribution >= 0.6 is 11.6 Å². The lowest BCUT2D eigenvalue weighted by Gasteiger charge is -2.21. The summed E-state index contributed by atoms with van der Waals surface area (Å²) in [6.07, 6.45) is -3.97. The van der Waals surface area contributed by atoms with Crippen LogP contribution < -0.4 is 4.74 Å². The van der Waals surface area contributed by atoms with Crippen LogP contribution in [0.5, 0.6) is 5.75 Å². The zero-order chi connectivity index (χ0) is 18.1. The molecule has 0 radical (unpaired) electrons. The summed E-state index contributed by atoms with van der Waals surface area (Å²) < 4.78 is 66.8. The molecule has 0 saturated carbocycles. The van der Waals surface area contributed by atoms with Gasteiger partial charge in [0.2, 0.25) is 10.0 Å². The van der Waals surface area contributed by atoms with Gasteiger partial charge in [-0.2, -0.15) is 17.5 Å². The van der Waals surface area contributed by atoms with Gasteiger partial charge < -0.3 is 9.84 Å². The van der Waals surface area contributed by atoms with Crippen LogP contribution in [0.2, 0.25) is 5.02 Å². The Balaban J connectivity index is 2.26. The van der Waals surface area contributed by atoms with Crippen LogP contribution in [0.1, 0.15) is 12.8 Å². The third-order valence-electron chi connectivity index (χ3n) is 3.38.